The van der Waals surface area contributed by atoms with Gasteiger partial charge < -0.3 is 9.47 Å². The van der Waals surface area contributed by atoms with Gasteiger partial charge in [0.05, 0.1) is 19.6 Å². The Labute approximate surface area is 94.4 Å². The molecule has 5 nitrogen and oxygen atoms in total. The standard InChI is InChI=1S/C11H16O5/c1-4-9(12)8(11(14)16-6-3)7-10(13)15-5-2/h4,8H,1,5-7H2,2-3H3. The molecule has 0 fully saturated rings. The van der Waals surface area contributed by atoms with Gasteiger partial charge in [-0.15, -0.1) is 0 Å². The predicted molar refractivity (Wildman–Crippen MR) is 56.6 cm³/mol. The molecule has 0 N–H and O–H groups in total. The van der Waals surface area contributed by atoms with Crippen LogP contribution in [-0.4, -0.2) is 30.9 Å². The lowest BCUT2D eigenvalue weighted by atomic mass is 10.0. The third kappa shape index (κ3) is 4.72. The predicted octanol–water partition coefficient (Wildman–Crippen LogP) is 0.874. The monoisotopic (exact) mass is 228 g/mol. The second-order valence-electron chi connectivity index (χ2n) is 2.92. The summed E-state index contributed by atoms with van der Waals surface area (Å²) in [5, 5.41) is 0. The number of ketones is 1. The molecule has 5 heteroatoms. The van der Waals surface area contributed by atoms with Gasteiger partial charge in [0, 0.05) is 0 Å². The molecule has 0 saturated heterocycles. The van der Waals surface area contributed by atoms with Crippen molar-refractivity contribution < 1.29 is 23.9 Å². The van der Waals surface area contributed by atoms with Crippen molar-refractivity contribution in [2.24, 2.45) is 5.92 Å². The number of hydrogen-bond acceptors (Lipinski definition) is 5. The molecule has 0 saturated carbocycles. The van der Waals surface area contributed by atoms with Crippen LogP contribution in [0.15, 0.2) is 12.7 Å². The van der Waals surface area contributed by atoms with E-state index in [-0.39, 0.29) is 19.6 Å². The van der Waals surface area contributed by atoms with Crippen LogP contribution < -0.4 is 0 Å². The summed E-state index contributed by atoms with van der Waals surface area (Å²) in [5.74, 6) is -3.00. The van der Waals surface area contributed by atoms with E-state index in [1.807, 2.05) is 0 Å². The van der Waals surface area contributed by atoms with Crippen LogP contribution in [0.5, 0.6) is 0 Å². The van der Waals surface area contributed by atoms with Crippen LogP contribution in [0.3, 0.4) is 0 Å². The Morgan fingerprint density at radius 3 is 2.19 bits per heavy atom. The summed E-state index contributed by atoms with van der Waals surface area (Å²) in [4.78, 5) is 33.9. The smallest absolute Gasteiger partial charge is 0.317 e. The molecule has 1 atom stereocenters. The number of carbonyl (C=O) groups is 3. The summed E-state index contributed by atoms with van der Waals surface area (Å²) in [7, 11) is 0. The van der Waals surface area contributed by atoms with Crippen LogP contribution in [0.4, 0.5) is 0 Å². The largest absolute Gasteiger partial charge is 0.466 e. The minimum atomic E-state index is -1.14. The molecule has 0 aliphatic heterocycles. The number of rotatable bonds is 7. The van der Waals surface area contributed by atoms with E-state index in [0.29, 0.717) is 0 Å². The lowest BCUT2D eigenvalue weighted by Gasteiger charge is -2.11. The first-order valence-corrected chi connectivity index (χ1v) is 5.05. The first-order valence-electron chi connectivity index (χ1n) is 5.05. The van der Waals surface area contributed by atoms with Gasteiger partial charge in [-0.25, -0.2) is 0 Å². The number of allylic oxidation sites excluding steroid dienone is 1. The molecule has 0 radical (unpaired) electrons. The topological polar surface area (TPSA) is 69.7 Å². The zero-order valence-corrected chi connectivity index (χ0v) is 9.52. The maximum Gasteiger partial charge on any atom is 0.317 e. The summed E-state index contributed by atoms with van der Waals surface area (Å²) in [6, 6.07) is 0. The fourth-order valence-corrected chi connectivity index (χ4v) is 1.07. The summed E-state index contributed by atoms with van der Waals surface area (Å²) < 4.78 is 9.35. The van der Waals surface area contributed by atoms with Gasteiger partial charge in [0.25, 0.3) is 0 Å². The molecule has 1 unspecified atom stereocenters. The second kappa shape index (κ2) is 7.62. The van der Waals surface area contributed by atoms with Crippen LogP contribution in [0.25, 0.3) is 0 Å². The Balaban J connectivity index is 4.55. The zero-order chi connectivity index (χ0) is 12.6. The van der Waals surface area contributed by atoms with Gasteiger partial charge in [-0.2, -0.15) is 0 Å². The van der Waals surface area contributed by atoms with Gasteiger partial charge in [-0.1, -0.05) is 6.58 Å². The molecule has 0 bridgehead atoms. The van der Waals surface area contributed by atoms with Crippen molar-refractivity contribution in [2.45, 2.75) is 20.3 Å². The third-order valence-electron chi connectivity index (χ3n) is 1.79. The van der Waals surface area contributed by atoms with Gasteiger partial charge in [0.15, 0.2) is 5.78 Å². The second-order valence-corrected chi connectivity index (χ2v) is 2.92. The summed E-state index contributed by atoms with van der Waals surface area (Å²) in [5.41, 5.74) is 0. The van der Waals surface area contributed by atoms with Crippen molar-refractivity contribution in [3.05, 3.63) is 12.7 Å². The molecule has 0 aromatic heterocycles. The molecule has 0 amide bonds. The molecule has 0 aromatic rings. The fourth-order valence-electron chi connectivity index (χ4n) is 1.07. The molecule has 0 aromatic carbocycles. The van der Waals surface area contributed by atoms with E-state index in [4.69, 9.17) is 4.74 Å². The molecular weight excluding hydrogens is 212 g/mol. The van der Waals surface area contributed by atoms with E-state index < -0.39 is 23.6 Å². The van der Waals surface area contributed by atoms with E-state index in [9.17, 15) is 14.4 Å². The van der Waals surface area contributed by atoms with Crippen LogP contribution in [0.2, 0.25) is 0 Å². The van der Waals surface area contributed by atoms with Gasteiger partial charge in [0.2, 0.25) is 0 Å². The lowest BCUT2D eigenvalue weighted by molar-refractivity contribution is -0.157. The Kier molecular flexibility index (Phi) is 6.83. The van der Waals surface area contributed by atoms with Gasteiger partial charge in [-0.05, 0) is 19.9 Å². The number of carbonyl (C=O) groups excluding carboxylic acids is 3. The van der Waals surface area contributed by atoms with Gasteiger partial charge >= 0.3 is 11.9 Å². The molecular formula is C11H16O5. The van der Waals surface area contributed by atoms with Crippen molar-refractivity contribution in [2.75, 3.05) is 13.2 Å². The van der Waals surface area contributed by atoms with Crippen LogP contribution in [0, 0.1) is 5.92 Å². The van der Waals surface area contributed by atoms with Crippen molar-refractivity contribution in [3.8, 4) is 0 Å². The normalized spacial score (nSPS) is 11.4. The quantitative estimate of drug-likeness (QED) is 0.367. The molecule has 0 spiro atoms. The average molecular weight is 228 g/mol. The maximum absolute atomic E-state index is 11.4. The van der Waals surface area contributed by atoms with Crippen LogP contribution in [-0.2, 0) is 23.9 Å². The van der Waals surface area contributed by atoms with Crippen LogP contribution in [0.1, 0.15) is 20.3 Å². The maximum atomic E-state index is 11.4. The SMILES string of the molecule is C=CC(=O)C(CC(=O)OCC)C(=O)OCC. The fraction of sp³-hybridized carbons (Fsp3) is 0.545. The van der Waals surface area contributed by atoms with E-state index in [0.717, 1.165) is 6.08 Å². The van der Waals surface area contributed by atoms with Gasteiger partial charge in [-0.3, -0.25) is 14.4 Å². The summed E-state index contributed by atoms with van der Waals surface area (Å²) in [6.07, 6.45) is 0.693. The average Bonchev–Trinajstić information content (AvgIpc) is 2.25. The van der Waals surface area contributed by atoms with Crippen molar-refractivity contribution in [1.29, 1.82) is 0 Å². The third-order valence-corrected chi connectivity index (χ3v) is 1.79. The molecule has 0 aliphatic rings. The molecule has 90 valence electrons. The van der Waals surface area contributed by atoms with Crippen molar-refractivity contribution in [3.63, 3.8) is 0 Å². The molecule has 0 heterocycles. The highest BCUT2D eigenvalue weighted by Gasteiger charge is 2.29. The molecule has 0 aliphatic carbocycles. The minimum Gasteiger partial charge on any atom is -0.466 e. The highest BCUT2D eigenvalue weighted by molar-refractivity contribution is 6.06. The highest BCUT2D eigenvalue weighted by Crippen LogP contribution is 2.09. The highest BCUT2D eigenvalue weighted by atomic mass is 16.5. The summed E-state index contributed by atoms with van der Waals surface area (Å²) in [6.45, 7) is 6.90. The zero-order valence-electron chi connectivity index (χ0n) is 9.52. The first kappa shape index (κ1) is 14.3. The Bertz CT molecular complexity index is 282. The van der Waals surface area contributed by atoms with Gasteiger partial charge in [0.1, 0.15) is 5.92 Å². The first-order chi connectivity index (χ1) is 7.56. The van der Waals surface area contributed by atoms with Crippen molar-refractivity contribution in [1.82, 2.24) is 0 Å². The molecule has 16 heavy (non-hydrogen) atoms. The Morgan fingerprint density at radius 2 is 1.75 bits per heavy atom. The molecule has 0 rings (SSSR count). The van der Waals surface area contributed by atoms with Crippen molar-refractivity contribution >= 4 is 17.7 Å². The van der Waals surface area contributed by atoms with E-state index in [2.05, 4.69) is 11.3 Å². The lowest BCUT2D eigenvalue weighted by Crippen LogP contribution is -2.28. The Hall–Kier alpha value is -1.65. The van der Waals surface area contributed by atoms with Crippen LogP contribution >= 0.6 is 0 Å². The minimum absolute atomic E-state index is 0.155. The van der Waals surface area contributed by atoms with E-state index in [1.165, 1.54) is 0 Å². The summed E-state index contributed by atoms with van der Waals surface area (Å²) >= 11 is 0. The Morgan fingerprint density at radius 1 is 1.19 bits per heavy atom. The van der Waals surface area contributed by atoms with E-state index in [1.54, 1.807) is 13.8 Å². The van der Waals surface area contributed by atoms with E-state index >= 15 is 0 Å². The number of ether oxygens (including phenoxy) is 2. The number of esters is 2. The number of hydrogen-bond donors (Lipinski definition) is 0.